The fourth-order valence-electron chi connectivity index (χ4n) is 4.25. The van der Waals surface area contributed by atoms with E-state index in [0.29, 0.717) is 36.3 Å². The quantitative estimate of drug-likeness (QED) is 0.271. The van der Waals surface area contributed by atoms with Gasteiger partial charge in [0.15, 0.2) is 11.7 Å². The second-order valence-corrected chi connectivity index (χ2v) is 8.57. The van der Waals surface area contributed by atoms with Gasteiger partial charge in [-0.15, -0.1) is 0 Å². The summed E-state index contributed by atoms with van der Waals surface area (Å²) < 4.78 is 13.2. The number of H-pyrrole nitrogens is 1. The van der Waals surface area contributed by atoms with E-state index in [1.54, 1.807) is 19.5 Å². The van der Waals surface area contributed by atoms with Gasteiger partial charge in [0.25, 0.3) is 0 Å². The number of amidine groups is 1. The maximum Gasteiger partial charge on any atom is 0.175 e. The van der Waals surface area contributed by atoms with Crippen LogP contribution in [0.1, 0.15) is 11.4 Å². The van der Waals surface area contributed by atoms with E-state index in [1.165, 1.54) is 0 Å². The number of nitrogens with one attached hydrogen (secondary N) is 2. The van der Waals surface area contributed by atoms with Crippen LogP contribution in [-0.4, -0.2) is 70.2 Å². The van der Waals surface area contributed by atoms with Crippen molar-refractivity contribution in [2.75, 3.05) is 43.6 Å². The van der Waals surface area contributed by atoms with Gasteiger partial charge in [-0.25, -0.2) is 9.98 Å². The van der Waals surface area contributed by atoms with Gasteiger partial charge in [-0.2, -0.15) is 5.10 Å². The number of imidazole rings is 1. The van der Waals surface area contributed by atoms with Crippen molar-refractivity contribution in [3.8, 4) is 5.75 Å². The number of morpholine rings is 1. The number of anilines is 2. The van der Waals surface area contributed by atoms with E-state index in [-0.39, 0.29) is 12.7 Å². The number of aromatic nitrogens is 4. The van der Waals surface area contributed by atoms with Crippen LogP contribution in [0, 0.1) is 0 Å². The second kappa shape index (κ2) is 10.2. The standard InChI is InChI=1S/C26H29N7O3/c1-17(18-4-5-19-14-28-31-22(19)12-18)29-25(26-27-8-9-32(26)2)30-20-6-7-23(24(13-20)35-3)33-10-11-36-21(15-33)16-34/h4-9,12-14,21,34H,1,10-11,15-16H2,2-3H3,(H,28,31)(H,29,30)/t21-/m0/s1. The molecule has 0 amide bonds. The molecule has 0 bridgehead atoms. The van der Waals surface area contributed by atoms with Gasteiger partial charge in [0.05, 0.1) is 49.5 Å². The van der Waals surface area contributed by atoms with E-state index in [4.69, 9.17) is 14.5 Å². The third kappa shape index (κ3) is 4.81. The highest BCUT2D eigenvalue weighted by Gasteiger charge is 2.23. The van der Waals surface area contributed by atoms with Crippen molar-refractivity contribution < 1.29 is 14.6 Å². The minimum absolute atomic E-state index is 0.0147. The summed E-state index contributed by atoms with van der Waals surface area (Å²) in [7, 11) is 3.56. The molecule has 186 valence electrons. The highest BCUT2D eigenvalue weighted by molar-refractivity contribution is 6.08. The summed E-state index contributed by atoms with van der Waals surface area (Å²) in [4.78, 5) is 11.5. The molecule has 2 aromatic carbocycles. The van der Waals surface area contributed by atoms with Crippen LogP contribution in [0.2, 0.25) is 0 Å². The first-order valence-electron chi connectivity index (χ1n) is 11.7. The third-order valence-corrected chi connectivity index (χ3v) is 6.18. The molecule has 0 unspecified atom stereocenters. The maximum absolute atomic E-state index is 9.51. The topological polar surface area (TPSA) is 113 Å². The van der Waals surface area contributed by atoms with Crippen LogP contribution in [0.3, 0.4) is 0 Å². The van der Waals surface area contributed by atoms with Crippen molar-refractivity contribution in [3.63, 3.8) is 0 Å². The third-order valence-electron chi connectivity index (χ3n) is 6.18. The zero-order valence-electron chi connectivity index (χ0n) is 20.3. The molecule has 4 aromatic rings. The van der Waals surface area contributed by atoms with Gasteiger partial charge in [0, 0.05) is 55.2 Å². The Labute approximate surface area is 208 Å². The molecule has 1 saturated heterocycles. The SMILES string of the molecule is C=C(N=C(Nc1ccc(N2CCO[C@H](CO)C2)c(OC)c1)c1nccn1C)c1ccc2cn[nH]c2c1. The highest BCUT2D eigenvalue weighted by Crippen LogP contribution is 2.33. The van der Waals surface area contributed by atoms with Gasteiger partial charge in [0.1, 0.15) is 5.75 Å². The van der Waals surface area contributed by atoms with Crippen LogP contribution in [-0.2, 0) is 11.8 Å². The smallest absolute Gasteiger partial charge is 0.175 e. The predicted octanol–water partition coefficient (Wildman–Crippen LogP) is 3.03. The number of hydrogen-bond donors (Lipinski definition) is 3. The monoisotopic (exact) mass is 487 g/mol. The summed E-state index contributed by atoms with van der Waals surface area (Å²) in [5.74, 6) is 1.93. The average molecular weight is 488 g/mol. The van der Waals surface area contributed by atoms with E-state index in [9.17, 15) is 5.11 Å². The van der Waals surface area contributed by atoms with Gasteiger partial charge < -0.3 is 29.4 Å². The minimum Gasteiger partial charge on any atom is -0.495 e. The number of rotatable bonds is 7. The van der Waals surface area contributed by atoms with Crippen LogP contribution in [0.5, 0.6) is 5.75 Å². The molecule has 2 aromatic heterocycles. The number of ether oxygens (including phenoxy) is 2. The number of methoxy groups -OCH3 is 1. The number of aliphatic hydroxyl groups is 1. The Morgan fingerprint density at radius 3 is 3.00 bits per heavy atom. The second-order valence-electron chi connectivity index (χ2n) is 8.57. The van der Waals surface area contributed by atoms with E-state index < -0.39 is 0 Å². The molecule has 0 saturated carbocycles. The average Bonchev–Trinajstić information content (AvgIpc) is 3.56. The van der Waals surface area contributed by atoms with Crippen LogP contribution in [0.4, 0.5) is 11.4 Å². The first-order chi connectivity index (χ1) is 17.6. The largest absolute Gasteiger partial charge is 0.495 e. The van der Waals surface area contributed by atoms with Gasteiger partial charge in [-0.05, 0) is 18.2 Å². The highest BCUT2D eigenvalue weighted by atomic mass is 16.5. The Balaban J connectivity index is 1.45. The molecule has 0 spiro atoms. The molecule has 36 heavy (non-hydrogen) atoms. The molecular weight excluding hydrogens is 458 g/mol. The number of aryl methyl sites for hydroxylation is 1. The summed E-state index contributed by atoms with van der Waals surface area (Å²) in [6.07, 6.45) is 5.16. The molecule has 3 N–H and O–H groups in total. The van der Waals surface area contributed by atoms with Gasteiger partial charge in [-0.1, -0.05) is 18.7 Å². The Hall–Kier alpha value is -4.15. The molecule has 1 fully saturated rings. The molecule has 0 radical (unpaired) electrons. The van der Waals surface area contributed by atoms with Crippen LogP contribution in [0.15, 0.2) is 66.6 Å². The molecule has 10 heteroatoms. The van der Waals surface area contributed by atoms with Crippen molar-refractivity contribution in [2.24, 2.45) is 12.0 Å². The Kier molecular flexibility index (Phi) is 6.70. The molecule has 3 heterocycles. The first kappa shape index (κ1) is 23.6. The van der Waals surface area contributed by atoms with Gasteiger partial charge in [0.2, 0.25) is 0 Å². The summed E-state index contributed by atoms with van der Waals surface area (Å²) in [6.45, 7) is 6.06. The molecular formula is C26H29N7O3. The summed E-state index contributed by atoms with van der Waals surface area (Å²) in [5, 5.41) is 21.0. The fourth-order valence-corrected chi connectivity index (χ4v) is 4.25. The van der Waals surface area contributed by atoms with Gasteiger partial charge in [-0.3, -0.25) is 5.10 Å². The lowest BCUT2D eigenvalue weighted by Gasteiger charge is -2.34. The Bertz CT molecular complexity index is 1410. The lowest BCUT2D eigenvalue weighted by atomic mass is 10.1. The van der Waals surface area contributed by atoms with Crippen molar-refractivity contribution in [3.05, 3.63) is 73.0 Å². The number of nitrogens with zero attached hydrogens (tertiary/aromatic N) is 5. The lowest BCUT2D eigenvalue weighted by molar-refractivity contribution is 0.00347. The van der Waals surface area contributed by atoms with E-state index >= 15 is 0 Å². The van der Waals surface area contributed by atoms with E-state index in [2.05, 4.69) is 32.0 Å². The van der Waals surface area contributed by atoms with E-state index in [1.807, 2.05) is 54.2 Å². The maximum atomic E-state index is 9.51. The fraction of sp³-hybridized carbons (Fsp3) is 0.269. The number of hydrogen-bond acceptors (Lipinski definition) is 7. The number of benzene rings is 2. The molecule has 1 aliphatic heterocycles. The van der Waals surface area contributed by atoms with Crippen LogP contribution < -0.4 is 15.0 Å². The molecule has 1 aliphatic rings. The normalized spacial score (nSPS) is 16.4. The minimum atomic E-state index is -0.213. The zero-order valence-corrected chi connectivity index (χ0v) is 20.3. The molecule has 10 nitrogen and oxygen atoms in total. The first-order valence-corrected chi connectivity index (χ1v) is 11.7. The van der Waals surface area contributed by atoms with Crippen LogP contribution in [0.25, 0.3) is 16.6 Å². The molecule has 0 aliphatic carbocycles. The lowest BCUT2D eigenvalue weighted by Crippen LogP contribution is -2.44. The Morgan fingerprint density at radius 1 is 1.33 bits per heavy atom. The Morgan fingerprint density at radius 2 is 2.22 bits per heavy atom. The van der Waals surface area contributed by atoms with Crippen LogP contribution >= 0.6 is 0 Å². The summed E-state index contributed by atoms with van der Waals surface area (Å²) in [5.41, 5.74) is 4.11. The van der Waals surface area contributed by atoms with Crippen molar-refractivity contribution in [1.29, 1.82) is 0 Å². The number of aliphatic imine (C=N–C) groups is 1. The predicted molar refractivity (Wildman–Crippen MR) is 141 cm³/mol. The zero-order chi connectivity index (χ0) is 25.1. The molecule has 5 rings (SSSR count). The van der Waals surface area contributed by atoms with Crippen molar-refractivity contribution in [2.45, 2.75) is 6.10 Å². The summed E-state index contributed by atoms with van der Waals surface area (Å²) >= 11 is 0. The van der Waals surface area contributed by atoms with E-state index in [0.717, 1.165) is 34.4 Å². The number of aliphatic hydroxyl groups excluding tert-OH is 1. The number of fused-ring (bicyclic) bond motifs is 1. The molecule has 1 atom stereocenters. The number of aromatic amines is 1. The van der Waals surface area contributed by atoms with Crippen molar-refractivity contribution in [1.82, 2.24) is 19.7 Å². The van der Waals surface area contributed by atoms with Gasteiger partial charge >= 0.3 is 0 Å². The van der Waals surface area contributed by atoms with Crippen molar-refractivity contribution >= 4 is 33.8 Å². The summed E-state index contributed by atoms with van der Waals surface area (Å²) in [6, 6.07) is 11.8.